The number of halogens is 4. The number of nitrogens with one attached hydrogen (secondary N) is 2. The van der Waals surface area contributed by atoms with Gasteiger partial charge in [0.2, 0.25) is 0 Å². The van der Waals surface area contributed by atoms with Gasteiger partial charge in [-0.05, 0) is 49.7 Å². The lowest BCUT2D eigenvalue weighted by atomic mass is 10.2. The molecule has 2 rings (SSSR count). The lowest BCUT2D eigenvalue weighted by Gasteiger charge is -2.15. The van der Waals surface area contributed by atoms with E-state index in [9.17, 15) is 35.6 Å². The Hall–Kier alpha value is -3.15. The van der Waals surface area contributed by atoms with E-state index in [-0.39, 0.29) is 21.7 Å². The van der Waals surface area contributed by atoms with Crippen molar-refractivity contribution in [1.29, 1.82) is 0 Å². The van der Waals surface area contributed by atoms with Crippen molar-refractivity contribution in [2.75, 3.05) is 11.3 Å². The number of ether oxygens (including phenoxy) is 1. The number of sulfonamides is 1. The Balaban J connectivity index is 2.09. The Bertz CT molecular complexity index is 1090. The number of amides is 1. The maximum absolute atomic E-state index is 13.7. The van der Waals surface area contributed by atoms with Gasteiger partial charge in [0, 0.05) is 5.69 Å². The molecule has 2 aromatic rings. The highest BCUT2D eigenvalue weighted by atomic mass is 32.2. The minimum atomic E-state index is -4.62. The number of hydrogen-bond acceptors (Lipinski definition) is 5. The maximum atomic E-state index is 13.7. The lowest BCUT2D eigenvalue weighted by Crippen LogP contribution is -2.40. The van der Waals surface area contributed by atoms with Crippen molar-refractivity contribution in [3.8, 4) is 0 Å². The average molecular weight is 462 g/mol. The third-order valence-corrected chi connectivity index (χ3v) is 5.30. The van der Waals surface area contributed by atoms with Crippen LogP contribution in [0.5, 0.6) is 0 Å². The molecule has 0 radical (unpaired) electrons. The van der Waals surface area contributed by atoms with Crippen molar-refractivity contribution >= 4 is 27.6 Å². The number of carbonyl (C=O) groups is 2. The molecular weight excluding hydrogens is 444 g/mol. The lowest BCUT2D eigenvalue weighted by molar-refractivity contribution is -0.143. The van der Waals surface area contributed by atoms with E-state index >= 15 is 0 Å². The molecule has 0 saturated carbocycles. The molecule has 1 atom stereocenters. The zero-order valence-corrected chi connectivity index (χ0v) is 17.1. The van der Waals surface area contributed by atoms with Crippen molar-refractivity contribution < 1.29 is 40.3 Å². The van der Waals surface area contributed by atoms with E-state index in [1.165, 1.54) is 37.3 Å². The molecule has 0 saturated heterocycles. The van der Waals surface area contributed by atoms with Crippen LogP contribution in [0.1, 0.15) is 22.8 Å². The van der Waals surface area contributed by atoms with Gasteiger partial charge in [0.25, 0.3) is 15.9 Å². The SMILES string of the molecule is Cc1ccc(S(=O)(=O)Nc2cccc(C(=O)O[C@@H](C)C(=O)NCC(F)(F)F)c2)cc1F. The molecule has 12 heteroatoms. The van der Waals surface area contributed by atoms with Crippen molar-refractivity contribution in [3.63, 3.8) is 0 Å². The number of hydrogen-bond donors (Lipinski definition) is 2. The molecule has 0 aliphatic heterocycles. The first-order valence-electron chi connectivity index (χ1n) is 8.73. The van der Waals surface area contributed by atoms with Gasteiger partial charge in [-0.2, -0.15) is 13.2 Å². The van der Waals surface area contributed by atoms with Crippen LogP contribution < -0.4 is 10.0 Å². The van der Waals surface area contributed by atoms with Crippen LogP contribution in [0.25, 0.3) is 0 Å². The molecule has 7 nitrogen and oxygen atoms in total. The van der Waals surface area contributed by atoms with Gasteiger partial charge in [0.05, 0.1) is 10.5 Å². The van der Waals surface area contributed by atoms with E-state index in [1.807, 2.05) is 0 Å². The number of aryl methyl sites for hydroxylation is 1. The van der Waals surface area contributed by atoms with Gasteiger partial charge in [0.15, 0.2) is 6.10 Å². The summed E-state index contributed by atoms with van der Waals surface area (Å²) >= 11 is 0. The fourth-order valence-corrected chi connectivity index (χ4v) is 3.34. The minimum Gasteiger partial charge on any atom is -0.449 e. The van der Waals surface area contributed by atoms with Crippen LogP contribution in [0.15, 0.2) is 47.4 Å². The molecule has 2 aromatic carbocycles. The average Bonchev–Trinajstić information content (AvgIpc) is 2.67. The van der Waals surface area contributed by atoms with Crippen LogP contribution in [0.3, 0.4) is 0 Å². The first kappa shape index (κ1) is 24.1. The standard InChI is InChI=1S/C19H18F4N2O5S/c1-11-6-7-15(9-16(11)20)31(28,29)25-14-5-3-4-13(8-14)18(27)30-12(2)17(26)24-10-19(21,22)23/h3-9,12,25H,10H2,1-2H3,(H,24,26)/t12-/m0/s1. The summed E-state index contributed by atoms with van der Waals surface area (Å²) in [5.41, 5.74) is 0.0486. The summed E-state index contributed by atoms with van der Waals surface area (Å²) in [5, 5.41) is 1.58. The van der Waals surface area contributed by atoms with Gasteiger partial charge in [-0.15, -0.1) is 0 Å². The summed E-state index contributed by atoms with van der Waals surface area (Å²) < 4.78 is 82.0. The molecule has 0 fully saturated rings. The predicted molar refractivity (Wildman–Crippen MR) is 102 cm³/mol. The van der Waals surface area contributed by atoms with Crippen molar-refractivity contribution in [2.24, 2.45) is 0 Å². The van der Waals surface area contributed by atoms with E-state index in [0.29, 0.717) is 0 Å². The van der Waals surface area contributed by atoms with E-state index < -0.39 is 46.5 Å². The molecule has 0 bridgehead atoms. The molecule has 0 aliphatic rings. The second-order valence-electron chi connectivity index (χ2n) is 6.48. The quantitative estimate of drug-likeness (QED) is 0.486. The first-order valence-corrected chi connectivity index (χ1v) is 10.2. The highest BCUT2D eigenvalue weighted by Gasteiger charge is 2.29. The van der Waals surface area contributed by atoms with Gasteiger partial charge in [-0.25, -0.2) is 17.6 Å². The fraction of sp³-hybridized carbons (Fsp3) is 0.263. The number of carbonyl (C=O) groups excluding carboxylic acids is 2. The van der Waals surface area contributed by atoms with E-state index in [1.54, 1.807) is 5.32 Å². The van der Waals surface area contributed by atoms with Crippen LogP contribution in [0, 0.1) is 12.7 Å². The van der Waals surface area contributed by atoms with Gasteiger partial charge >= 0.3 is 12.1 Å². The van der Waals surface area contributed by atoms with Gasteiger partial charge in [-0.3, -0.25) is 9.52 Å². The van der Waals surface area contributed by atoms with Gasteiger partial charge in [0.1, 0.15) is 12.4 Å². The smallest absolute Gasteiger partial charge is 0.405 e. The largest absolute Gasteiger partial charge is 0.449 e. The molecule has 1 amide bonds. The van der Waals surface area contributed by atoms with Crippen LogP contribution in [-0.2, 0) is 19.6 Å². The number of benzene rings is 2. The van der Waals surface area contributed by atoms with Crippen molar-refractivity contribution in [2.45, 2.75) is 31.0 Å². The summed E-state index contributed by atoms with van der Waals surface area (Å²) in [4.78, 5) is 23.5. The molecule has 168 valence electrons. The number of anilines is 1. The predicted octanol–water partition coefficient (Wildman–Crippen LogP) is 3.16. The van der Waals surface area contributed by atoms with Crippen LogP contribution in [-0.4, -0.2) is 39.1 Å². The third-order valence-electron chi connectivity index (χ3n) is 3.92. The van der Waals surface area contributed by atoms with Crippen LogP contribution in [0.4, 0.5) is 23.2 Å². The normalized spacial score (nSPS) is 12.7. The Kier molecular flexibility index (Phi) is 7.26. The summed E-state index contributed by atoms with van der Waals surface area (Å²) in [6, 6.07) is 8.34. The molecule has 0 spiro atoms. The Morgan fingerprint density at radius 3 is 2.42 bits per heavy atom. The Morgan fingerprint density at radius 2 is 1.81 bits per heavy atom. The van der Waals surface area contributed by atoms with Gasteiger partial charge in [-0.1, -0.05) is 12.1 Å². The topological polar surface area (TPSA) is 102 Å². The summed E-state index contributed by atoms with van der Waals surface area (Å²) in [7, 11) is -4.17. The Morgan fingerprint density at radius 1 is 1.13 bits per heavy atom. The van der Waals surface area contributed by atoms with Crippen molar-refractivity contribution in [3.05, 3.63) is 59.4 Å². The Labute approximate surface area is 175 Å². The van der Waals surface area contributed by atoms with E-state index in [4.69, 9.17) is 4.74 Å². The number of alkyl halides is 3. The number of esters is 1. The highest BCUT2D eigenvalue weighted by molar-refractivity contribution is 7.92. The zero-order chi connectivity index (χ0) is 23.4. The summed E-state index contributed by atoms with van der Waals surface area (Å²) in [6.45, 7) is 0.978. The first-order chi connectivity index (χ1) is 14.3. The monoisotopic (exact) mass is 462 g/mol. The van der Waals surface area contributed by atoms with Crippen LogP contribution >= 0.6 is 0 Å². The molecule has 0 aliphatic carbocycles. The number of rotatable bonds is 7. The highest BCUT2D eigenvalue weighted by Crippen LogP contribution is 2.20. The second kappa shape index (κ2) is 9.33. The second-order valence-corrected chi connectivity index (χ2v) is 8.16. The van der Waals surface area contributed by atoms with Crippen LogP contribution in [0.2, 0.25) is 0 Å². The molecular formula is C19H18F4N2O5S. The van der Waals surface area contributed by atoms with Crippen molar-refractivity contribution in [1.82, 2.24) is 5.32 Å². The third kappa shape index (κ3) is 6.95. The molecule has 0 heterocycles. The molecule has 0 unspecified atom stereocenters. The van der Waals surface area contributed by atoms with E-state index in [2.05, 4.69) is 4.72 Å². The van der Waals surface area contributed by atoms with Gasteiger partial charge < -0.3 is 10.1 Å². The fourth-order valence-electron chi connectivity index (χ4n) is 2.28. The summed E-state index contributed by atoms with van der Waals surface area (Å²) in [5.74, 6) is -2.92. The maximum Gasteiger partial charge on any atom is 0.405 e. The van der Waals surface area contributed by atoms with E-state index in [0.717, 1.165) is 19.1 Å². The molecule has 2 N–H and O–H groups in total. The molecule has 0 aromatic heterocycles. The minimum absolute atomic E-state index is 0.0513. The zero-order valence-electron chi connectivity index (χ0n) is 16.3. The molecule has 31 heavy (non-hydrogen) atoms. The summed E-state index contributed by atoms with van der Waals surface area (Å²) in [6.07, 6.45) is -6.14.